The zero-order valence-electron chi connectivity index (χ0n) is 21.2. The summed E-state index contributed by atoms with van der Waals surface area (Å²) in [6, 6.07) is 19.8. The van der Waals surface area contributed by atoms with Crippen molar-refractivity contribution in [3.05, 3.63) is 102 Å². The van der Waals surface area contributed by atoms with E-state index in [0.29, 0.717) is 43.9 Å². The van der Waals surface area contributed by atoms with Crippen LogP contribution >= 0.6 is 0 Å². The highest BCUT2D eigenvalue weighted by Gasteiger charge is 2.52. The summed E-state index contributed by atoms with van der Waals surface area (Å²) in [5.74, 6) is 0.716. The van der Waals surface area contributed by atoms with Crippen molar-refractivity contribution in [1.82, 2.24) is 14.9 Å². The van der Waals surface area contributed by atoms with Crippen LogP contribution in [0.5, 0.6) is 0 Å². The average Bonchev–Trinajstić information content (AvgIpc) is 3.20. The van der Waals surface area contributed by atoms with E-state index in [4.69, 9.17) is 9.72 Å². The number of hydrogen-bond acceptors (Lipinski definition) is 6. The first-order valence-electron chi connectivity index (χ1n) is 12.7. The Morgan fingerprint density at radius 1 is 1.11 bits per heavy atom. The molecule has 0 radical (unpaired) electrons. The first-order valence-corrected chi connectivity index (χ1v) is 12.7. The van der Waals surface area contributed by atoms with E-state index in [9.17, 15) is 10.1 Å². The third kappa shape index (κ3) is 3.69. The lowest BCUT2D eigenvalue weighted by Gasteiger charge is -2.39. The molecular weight excluding hydrogens is 474 g/mol. The fourth-order valence-electron chi connectivity index (χ4n) is 5.90. The van der Waals surface area contributed by atoms with Crippen molar-refractivity contribution in [2.75, 3.05) is 25.1 Å². The zero-order chi connectivity index (χ0) is 26.3. The van der Waals surface area contributed by atoms with Crippen LogP contribution in [0.25, 0.3) is 21.9 Å². The number of methoxy groups -OCH3 is 1. The molecule has 1 fully saturated rings. The van der Waals surface area contributed by atoms with Gasteiger partial charge in [0, 0.05) is 36.4 Å². The molecule has 4 heterocycles. The summed E-state index contributed by atoms with van der Waals surface area (Å²) in [6.07, 6.45) is 6.79. The number of benzene rings is 2. The van der Waals surface area contributed by atoms with E-state index >= 15 is 0 Å². The number of carbonyl (C=O) groups excluding carboxylic acids is 1. The molecule has 0 unspecified atom stereocenters. The molecule has 4 aromatic rings. The fraction of sp³-hybridized carbons (Fsp3) is 0.226. The maximum absolute atomic E-state index is 14.2. The number of carbonyl (C=O) groups is 1. The van der Waals surface area contributed by atoms with Gasteiger partial charge in [0.05, 0.1) is 48.3 Å². The van der Waals surface area contributed by atoms with Crippen molar-refractivity contribution in [1.29, 1.82) is 5.26 Å². The number of hydrogen-bond donors (Lipinski definition) is 0. The van der Waals surface area contributed by atoms with Crippen molar-refractivity contribution in [3.8, 4) is 17.2 Å². The van der Waals surface area contributed by atoms with Gasteiger partial charge >= 0.3 is 0 Å². The number of pyridine rings is 2. The van der Waals surface area contributed by atoms with Crippen molar-refractivity contribution >= 4 is 22.4 Å². The molecule has 0 atom stereocenters. The Labute approximate surface area is 221 Å². The molecule has 1 spiro atoms. The van der Waals surface area contributed by atoms with Crippen LogP contribution in [-0.2, 0) is 21.5 Å². The summed E-state index contributed by atoms with van der Waals surface area (Å²) >= 11 is 0. The van der Waals surface area contributed by atoms with Gasteiger partial charge < -0.3 is 14.5 Å². The van der Waals surface area contributed by atoms with Gasteiger partial charge in [-0.2, -0.15) is 5.26 Å². The summed E-state index contributed by atoms with van der Waals surface area (Å²) in [6.45, 7) is 5.71. The lowest BCUT2D eigenvalue weighted by molar-refractivity contribution is -0.125. The number of anilines is 1. The van der Waals surface area contributed by atoms with Crippen LogP contribution in [0.1, 0.15) is 29.7 Å². The number of piperidine rings is 1. The van der Waals surface area contributed by atoms with Crippen molar-refractivity contribution in [3.63, 3.8) is 0 Å². The quantitative estimate of drug-likeness (QED) is 0.351. The van der Waals surface area contributed by atoms with E-state index in [0.717, 1.165) is 38.8 Å². The van der Waals surface area contributed by atoms with Gasteiger partial charge in [-0.05, 0) is 54.1 Å². The number of amides is 1. The molecule has 1 saturated heterocycles. The molecule has 38 heavy (non-hydrogen) atoms. The van der Waals surface area contributed by atoms with Crippen molar-refractivity contribution in [2.24, 2.45) is 0 Å². The minimum atomic E-state index is -0.603. The van der Waals surface area contributed by atoms with Gasteiger partial charge in [-0.3, -0.25) is 14.8 Å². The van der Waals surface area contributed by atoms with Crippen LogP contribution < -0.4 is 4.90 Å². The number of fused-ring (bicyclic) bond motifs is 3. The molecule has 0 saturated carbocycles. The molecule has 7 heteroatoms. The first-order chi connectivity index (χ1) is 18.6. The number of likely N-dealkylation sites (tertiary alicyclic amines) is 1. The summed E-state index contributed by atoms with van der Waals surface area (Å²) in [5, 5.41) is 11.4. The molecule has 2 aliphatic rings. The van der Waals surface area contributed by atoms with Crippen molar-refractivity contribution < 1.29 is 9.53 Å². The molecule has 0 bridgehead atoms. The van der Waals surface area contributed by atoms with Crippen LogP contribution in [0, 0.1) is 11.3 Å². The molecule has 7 nitrogen and oxygen atoms in total. The second kappa shape index (κ2) is 9.31. The minimum Gasteiger partial charge on any atom is -0.483 e. The highest BCUT2D eigenvalue weighted by molar-refractivity contribution is 6.08. The van der Waals surface area contributed by atoms with Gasteiger partial charge in [0.15, 0.2) is 5.88 Å². The van der Waals surface area contributed by atoms with Crippen LogP contribution in [-0.4, -0.2) is 41.0 Å². The topological polar surface area (TPSA) is 82.4 Å². The Kier molecular flexibility index (Phi) is 5.80. The van der Waals surface area contributed by atoms with Gasteiger partial charge in [0.2, 0.25) is 5.91 Å². The second-order valence-electron chi connectivity index (χ2n) is 9.81. The Bertz CT molecular complexity index is 1600. The van der Waals surface area contributed by atoms with Gasteiger partial charge in [0.1, 0.15) is 0 Å². The molecule has 2 aromatic heterocycles. The largest absolute Gasteiger partial charge is 0.483 e. The predicted octanol–water partition coefficient (Wildman–Crippen LogP) is 5.17. The maximum atomic E-state index is 14.2. The van der Waals surface area contributed by atoms with Crippen LogP contribution in [0.3, 0.4) is 0 Å². The van der Waals surface area contributed by atoms with E-state index in [1.165, 1.54) is 0 Å². The third-order valence-electron chi connectivity index (χ3n) is 7.96. The Hall–Kier alpha value is -4.70. The third-order valence-corrected chi connectivity index (χ3v) is 7.96. The summed E-state index contributed by atoms with van der Waals surface area (Å²) in [5.41, 5.74) is 4.61. The van der Waals surface area contributed by atoms with Crippen LogP contribution in [0.4, 0.5) is 5.69 Å². The number of rotatable bonds is 5. The number of nitrogens with zero attached hydrogens (tertiary/aromatic N) is 5. The Balaban J connectivity index is 1.42. The second-order valence-corrected chi connectivity index (χ2v) is 9.81. The molecule has 6 rings (SSSR count). The lowest BCUT2D eigenvalue weighted by atomic mass is 9.74. The molecule has 1 amide bonds. The molecule has 2 aliphatic heterocycles. The van der Waals surface area contributed by atoms with E-state index < -0.39 is 5.41 Å². The molecule has 188 valence electrons. The lowest BCUT2D eigenvalue weighted by Crippen LogP contribution is -2.48. The smallest absolute Gasteiger partial charge is 0.238 e. The predicted molar refractivity (Wildman–Crippen MR) is 146 cm³/mol. The highest BCUT2D eigenvalue weighted by atomic mass is 16.5. The van der Waals surface area contributed by atoms with Gasteiger partial charge in [-0.15, -0.1) is 0 Å². The molecule has 2 aromatic carbocycles. The highest BCUT2D eigenvalue weighted by Crippen LogP contribution is 2.48. The van der Waals surface area contributed by atoms with E-state index in [1.54, 1.807) is 19.5 Å². The molecular formula is C31H27N5O2. The van der Waals surface area contributed by atoms with Gasteiger partial charge in [-0.1, -0.05) is 36.4 Å². The number of nitriles is 1. The number of aromatic nitrogens is 2. The van der Waals surface area contributed by atoms with Gasteiger partial charge in [0.25, 0.3) is 0 Å². The Morgan fingerprint density at radius 2 is 1.87 bits per heavy atom. The summed E-state index contributed by atoms with van der Waals surface area (Å²) < 4.78 is 5.34. The monoisotopic (exact) mass is 501 g/mol. The fourth-order valence-corrected chi connectivity index (χ4v) is 5.90. The SMILES string of the molecule is C=C(OC)N1CCC2(CC1)C(=O)N(Cc1ncc3ccccc3c1-c1ccc(C#N)cc1)c1cnccc12. The minimum absolute atomic E-state index is 0.0870. The summed E-state index contributed by atoms with van der Waals surface area (Å²) in [4.78, 5) is 27.4. The van der Waals surface area contributed by atoms with Crippen LogP contribution in [0.2, 0.25) is 0 Å². The number of ether oxygens (including phenoxy) is 1. The van der Waals surface area contributed by atoms with E-state index in [1.807, 2.05) is 59.6 Å². The first kappa shape index (κ1) is 23.7. The normalized spacial score (nSPS) is 15.9. The standard InChI is InChI=1S/C31H27N5O2/c1-21(38-2)35-15-12-31(13-16-35)26-11-14-33-19-28(26)36(30(31)37)20-27-29(23-9-7-22(17-32)8-10-23)25-6-4-3-5-24(25)18-34-27/h3-11,14,18-19H,1,12-13,15-16,20H2,2H3. The zero-order valence-corrected chi connectivity index (χ0v) is 21.2. The van der Waals surface area contributed by atoms with E-state index in [-0.39, 0.29) is 5.91 Å². The van der Waals surface area contributed by atoms with E-state index in [2.05, 4.69) is 28.6 Å². The Morgan fingerprint density at radius 3 is 2.61 bits per heavy atom. The van der Waals surface area contributed by atoms with Crippen LogP contribution in [0.15, 0.2) is 85.6 Å². The summed E-state index contributed by atoms with van der Waals surface area (Å²) in [7, 11) is 1.62. The maximum Gasteiger partial charge on any atom is 0.238 e. The van der Waals surface area contributed by atoms with Crippen molar-refractivity contribution in [2.45, 2.75) is 24.8 Å². The van der Waals surface area contributed by atoms with Gasteiger partial charge in [-0.25, -0.2) is 0 Å². The molecule has 0 aliphatic carbocycles. The average molecular weight is 502 g/mol. The molecule has 0 N–H and O–H groups in total.